The minimum Gasteiger partial charge on any atom is -0.490 e. The van der Waals surface area contributed by atoms with Gasteiger partial charge in [0.1, 0.15) is 5.69 Å². The summed E-state index contributed by atoms with van der Waals surface area (Å²) in [5.41, 5.74) is 0.507. The number of methoxy groups -OCH3 is 1. The van der Waals surface area contributed by atoms with Crippen LogP contribution in [-0.4, -0.2) is 18.6 Å². The van der Waals surface area contributed by atoms with Gasteiger partial charge in [-0.25, -0.2) is 0 Å². The summed E-state index contributed by atoms with van der Waals surface area (Å²) >= 11 is 0. The molecule has 17 heavy (non-hydrogen) atoms. The minimum atomic E-state index is -0.419. The molecule has 0 saturated heterocycles. The molecule has 0 bridgehead atoms. The average molecular weight is 238 g/mol. The monoisotopic (exact) mass is 238 g/mol. The standard InChI is InChI=1S/C12H18N2O3/c1-4-9(2)8-13-10-6-5-7-11(17-3)12(10)14(15)16/h5-7,9,13H,4,8H2,1-3H3. The van der Waals surface area contributed by atoms with Crippen molar-refractivity contribution in [2.75, 3.05) is 19.0 Å². The summed E-state index contributed by atoms with van der Waals surface area (Å²) in [4.78, 5) is 10.6. The van der Waals surface area contributed by atoms with Crippen LogP contribution in [0.1, 0.15) is 20.3 Å². The Labute approximate surface area is 101 Å². The number of para-hydroxylation sites is 1. The Bertz CT molecular complexity index is 393. The van der Waals surface area contributed by atoms with Crippen LogP contribution < -0.4 is 10.1 Å². The number of nitro benzene ring substituents is 1. The van der Waals surface area contributed by atoms with Crippen LogP contribution in [0.25, 0.3) is 0 Å². The summed E-state index contributed by atoms with van der Waals surface area (Å²) < 4.78 is 5.00. The maximum Gasteiger partial charge on any atom is 0.333 e. The first-order valence-corrected chi connectivity index (χ1v) is 5.65. The maximum atomic E-state index is 11.0. The van der Waals surface area contributed by atoms with Crippen molar-refractivity contribution in [1.82, 2.24) is 0 Å². The molecule has 5 nitrogen and oxygen atoms in total. The van der Waals surface area contributed by atoms with Gasteiger partial charge in [0.25, 0.3) is 0 Å². The van der Waals surface area contributed by atoms with Crippen molar-refractivity contribution in [3.05, 3.63) is 28.3 Å². The molecule has 1 unspecified atom stereocenters. The van der Waals surface area contributed by atoms with Crippen molar-refractivity contribution in [2.24, 2.45) is 5.92 Å². The summed E-state index contributed by atoms with van der Waals surface area (Å²) in [7, 11) is 1.43. The molecule has 0 radical (unpaired) electrons. The molecule has 0 aromatic heterocycles. The Morgan fingerprint density at radius 2 is 2.24 bits per heavy atom. The zero-order valence-corrected chi connectivity index (χ0v) is 10.4. The van der Waals surface area contributed by atoms with Gasteiger partial charge in [-0.05, 0) is 18.1 Å². The van der Waals surface area contributed by atoms with Gasteiger partial charge in [0.15, 0.2) is 5.75 Å². The molecule has 0 aliphatic rings. The SMILES string of the molecule is CCC(C)CNc1cccc(OC)c1[N+](=O)[O-]. The molecule has 1 N–H and O–H groups in total. The third-order valence-electron chi connectivity index (χ3n) is 2.74. The van der Waals surface area contributed by atoms with Crippen molar-refractivity contribution in [3.8, 4) is 5.75 Å². The van der Waals surface area contributed by atoms with Gasteiger partial charge in [0.2, 0.25) is 0 Å². The molecule has 1 aromatic rings. The summed E-state index contributed by atoms with van der Waals surface area (Å²) in [6, 6.07) is 5.03. The van der Waals surface area contributed by atoms with E-state index < -0.39 is 4.92 Å². The Morgan fingerprint density at radius 1 is 1.53 bits per heavy atom. The molecule has 0 aliphatic carbocycles. The predicted octanol–water partition coefficient (Wildman–Crippen LogP) is 3.06. The average Bonchev–Trinajstić information content (AvgIpc) is 2.34. The van der Waals surface area contributed by atoms with E-state index in [0.717, 1.165) is 6.42 Å². The highest BCUT2D eigenvalue weighted by Gasteiger charge is 2.20. The van der Waals surface area contributed by atoms with E-state index in [1.54, 1.807) is 18.2 Å². The van der Waals surface area contributed by atoms with Gasteiger partial charge < -0.3 is 10.1 Å². The van der Waals surface area contributed by atoms with E-state index in [2.05, 4.69) is 19.2 Å². The Hall–Kier alpha value is -1.78. The number of hydrogen-bond donors (Lipinski definition) is 1. The molecular weight excluding hydrogens is 220 g/mol. The smallest absolute Gasteiger partial charge is 0.333 e. The molecule has 0 aliphatic heterocycles. The van der Waals surface area contributed by atoms with Crippen molar-refractivity contribution in [1.29, 1.82) is 0 Å². The second kappa shape index (κ2) is 6.08. The zero-order chi connectivity index (χ0) is 12.8. The van der Waals surface area contributed by atoms with Crippen molar-refractivity contribution in [2.45, 2.75) is 20.3 Å². The number of anilines is 1. The van der Waals surface area contributed by atoms with E-state index in [-0.39, 0.29) is 11.4 Å². The van der Waals surface area contributed by atoms with E-state index in [9.17, 15) is 10.1 Å². The molecule has 0 heterocycles. The molecule has 0 fully saturated rings. The van der Waals surface area contributed by atoms with E-state index >= 15 is 0 Å². The number of nitro groups is 1. The maximum absolute atomic E-state index is 11.0. The zero-order valence-electron chi connectivity index (χ0n) is 10.4. The first-order chi connectivity index (χ1) is 8.10. The molecule has 0 spiro atoms. The molecule has 0 amide bonds. The number of benzene rings is 1. The van der Waals surface area contributed by atoms with Crippen LogP contribution in [0.4, 0.5) is 11.4 Å². The number of nitrogens with one attached hydrogen (secondary N) is 1. The first-order valence-electron chi connectivity index (χ1n) is 5.65. The molecular formula is C12H18N2O3. The fourth-order valence-corrected chi connectivity index (χ4v) is 1.45. The van der Waals surface area contributed by atoms with Crippen LogP contribution in [-0.2, 0) is 0 Å². The third kappa shape index (κ3) is 3.34. The van der Waals surface area contributed by atoms with E-state index in [1.165, 1.54) is 7.11 Å². The minimum absolute atomic E-state index is 0.00157. The topological polar surface area (TPSA) is 64.4 Å². The highest BCUT2D eigenvalue weighted by molar-refractivity contribution is 5.68. The van der Waals surface area contributed by atoms with Crippen molar-refractivity contribution in [3.63, 3.8) is 0 Å². The van der Waals surface area contributed by atoms with Gasteiger partial charge in [0, 0.05) is 6.54 Å². The van der Waals surface area contributed by atoms with Gasteiger partial charge in [-0.3, -0.25) is 10.1 Å². The van der Waals surface area contributed by atoms with Crippen molar-refractivity contribution >= 4 is 11.4 Å². The lowest BCUT2D eigenvalue weighted by Crippen LogP contribution is -2.11. The summed E-state index contributed by atoms with van der Waals surface area (Å²) in [6.07, 6.45) is 1.03. The summed E-state index contributed by atoms with van der Waals surface area (Å²) in [5.74, 6) is 0.755. The number of ether oxygens (including phenoxy) is 1. The normalized spacial score (nSPS) is 11.9. The largest absolute Gasteiger partial charge is 0.490 e. The van der Waals surface area contributed by atoms with E-state index in [1.807, 2.05) is 0 Å². The van der Waals surface area contributed by atoms with Crippen molar-refractivity contribution < 1.29 is 9.66 Å². The first kappa shape index (κ1) is 13.3. The van der Waals surface area contributed by atoms with Gasteiger partial charge in [0.05, 0.1) is 12.0 Å². The molecule has 5 heteroatoms. The van der Waals surface area contributed by atoms with Crippen LogP contribution in [0.15, 0.2) is 18.2 Å². The number of hydrogen-bond acceptors (Lipinski definition) is 4. The van der Waals surface area contributed by atoms with Crippen LogP contribution in [0.5, 0.6) is 5.75 Å². The second-order valence-corrected chi connectivity index (χ2v) is 4.01. The Kier molecular flexibility index (Phi) is 4.75. The molecule has 94 valence electrons. The number of nitrogens with zero attached hydrogens (tertiary/aromatic N) is 1. The lowest BCUT2D eigenvalue weighted by Gasteiger charge is -2.12. The van der Waals surface area contributed by atoms with E-state index in [0.29, 0.717) is 18.2 Å². The summed E-state index contributed by atoms with van der Waals surface area (Å²) in [5, 5.41) is 14.1. The van der Waals surface area contributed by atoms with Crippen LogP contribution in [0.2, 0.25) is 0 Å². The second-order valence-electron chi connectivity index (χ2n) is 4.01. The third-order valence-corrected chi connectivity index (χ3v) is 2.74. The van der Waals surface area contributed by atoms with Crippen LogP contribution in [0.3, 0.4) is 0 Å². The quantitative estimate of drug-likeness (QED) is 0.611. The Morgan fingerprint density at radius 3 is 2.76 bits per heavy atom. The van der Waals surface area contributed by atoms with Gasteiger partial charge in [-0.1, -0.05) is 26.3 Å². The molecule has 0 saturated carbocycles. The van der Waals surface area contributed by atoms with Crippen LogP contribution >= 0.6 is 0 Å². The highest BCUT2D eigenvalue weighted by Crippen LogP contribution is 2.34. The van der Waals surface area contributed by atoms with Gasteiger partial charge in [-0.2, -0.15) is 0 Å². The number of rotatable bonds is 6. The van der Waals surface area contributed by atoms with Gasteiger partial charge >= 0.3 is 5.69 Å². The Balaban J connectivity index is 2.94. The molecule has 1 rings (SSSR count). The van der Waals surface area contributed by atoms with Crippen LogP contribution in [0, 0.1) is 16.0 Å². The fraction of sp³-hybridized carbons (Fsp3) is 0.500. The highest BCUT2D eigenvalue weighted by atomic mass is 16.6. The molecule has 1 aromatic carbocycles. The summed E-state index contributed by atoms with van der Waals surface area (Å²) in [6.45, 7) is 4.90. The fourth-order valence-electron chi connectivity index (χ4n) is 1.45. The lowest BCUT2D eigenvalue weighted by atomic mass is 10.1. The lowest BCUT2D eigenvalue weighted by molar-refractivity contribution is -0.384. The molecule has 1 atom stereocenters. The van der Waals surface area contributed by atoms with E-state index in [4.69, 9.17) is 4.74 Å². The predicted molar refractivity (Wildman–Crippen MR) is 67.6 cm³/mol. The van der Waals surface area contributed by atoms with Gasteiger partial charge in [-0.15, -0.1) is 0 Å².